The maximum Gasteiger partial charge on any atom is 0.294 e. The van der Waals surface area contributed by atoms with Crippen molar-refractivity contribution in [3.63, 3.8) is 0 Å². The number of likely N-dealkylation sites (N-methyl/N-ethyl adjacent to an activating group) is 2. The molecule has 0 atom stereocenters. The van der Waals surface area contributed by atoms with E-state index in [0.717, 1.165) is 28.7 Å². The Morgan fingerprint density at radius 3 is 2.77 bits per heavy atom. The third kappa shape index (κ3) is 5.00. The number of para-hydroxylation sites is 1. The second kappa shape index (κ2) is 11.2. The van der Waals surface area contributed by atoms with Gasteiger partial charge in [0.2, 0.25) is 5.95 Å². The Hall–Kier alpha value is -4.73. The van der Waals surface area contributed by atoms with Crippen LogP contribution in [0.25, 0.3) is 22.2 Å². The van der Waals surface area contributed by atoms with Gasteiger partial charge in [0.05, 0.1) is 54.1 Å². The minimum Gasteiger partial charge on any atom is -0.494 e. The zero-order valence-corrected chi connectivity index (χ0v) is 22.8. The minimum absolute atomic E-state index is 0.0805. The molecule has 2 aromatic heterocycles. The molecule has 12 nitrogen and oxygen atoms in total. The van der Waals surface area contributed by atoms with E-state index < -0.39 is 4.92 Å². The number of hydrogen-bond acceptors (Lipinski definition) is 10. The monoisotopic (exact) mass is 542 g/mol. The topological polar surface area (TPSA) is 135 Å². The van der Waals surface area contributed by atoms with E-state index in [0.29, 0.717) is 54.7 Å². The first kappa shape index (κ1) is 26.9. The molecule has 0 saturated carbocycles. The molecule has 0 spiro atoms. The number of nitro benzene ring substituents is 1. The molecule has 0 fully saturated rings. The largest absolute Gasteiger partial charge is 0.494 e. The zero-order chi connectivity index (χ0) is 28.4. The van der Waals surface area contributed by atoms with Crippen molar-refractivity contribution in [1.29, 1.82) is 5.26 Å². The highest BCUT2D eigenvalue weighted by Crippen LogP contribution is 2.40. The fraction of sp³-hybridized carbons (Fsp3) is 0.321. The summed E-state index contributed by atoms with van der Waals surface area (Å²) in [5.41, 5.74) is 4.25. The summed E-state index contributed by atoms with van der Waals surface area (Å²) in [4.78, 5) is 24.5. The quantitative estimate of drug-likeness (QED) is 0.243. The molecule has 0 saturated heterocycles. The van der Waals surface area contributed by atoms with E-state index in [9.17, 15) is 15.4 Å². The molecule has 206 valence electrons. The molecule has 0 aliphatic carbocycles. The lowest BCUT2D eigenvalue weighted by Crippen LogP contribution is -2.28. The Morgan fingerprint density at radius 1 is 1.25 bits per heavy atom. The fourth-order valence-electron chi connectivity index (χ4n) is 4.93. The van der Waals surface area contributed by atoms with Gasteiger partial charge in [-0.05, 0) is 20.2 Å². The first-order valence-electron chi connectivity index (χ1n) is 12.8. The highest BCUT2D eigenvalue weighted by atomic mass is 16.6. The van der Waals surface area contributed by atoms with Gasteiger partial charge in [-0.25, -0.2) is 9.97 Å². The standard InChI is InChI=1S/C28H30N8O4/c1-33(2)9-10-34(3)22-14-25(39-4)20(13-23(22)36(37)38)31-28-30-16-18(15-29)27(32-28)26-19-7-5-6-8-21(19)35-11-12-40-17-24(26)35/h5-8,13-14,16H,9-12,17H2,1-4H3,(H,30,31,32). The Bertz CT molecular complexity index is 1630. The smallest absolute Gasteiger partial charge is 0.294 e. The van der Waals surface area contributed by atoms with Crippen LogP contribution in [-0.4, -0.2) is 72.3 Å². The predicted octanol–water partition coefficient (Wildman–Crippen LogP) is 4.16. The number of anilines is 3. The molecule has 1 aliphatic rings. The van der Waals surface area contributed by atoms with Crippen molar-refractivity contribution in [2.24, 2.45) is 0 Å². The highest BCUT2D eigenvalue weighted by Gasteiger charge is 2.26. The molecule has 12 heteroatoms. The van der Waals surface area contributed by atoms with Crippen LogP contribution in [-0.2, 0) is 17.9 Å². The molecule has 5 rings (SSSR count). The van der Waals surface area contributed by atoms with Crippen LogP contribution in [0, 0.1) is 21.4 Å². The number of nitriles is 1. The predicted molar refractivity (Wildman–Crippen MR) is 152 cm³/mol. The van der Waals surface area contributed by atoms with Gasteiger partial charge >= 0.3 is 0 Å². The van der Waals surface area contributed by atoms with Gasteiger partial charge in [-0.1, -0.05) is 18.2 Å². The van der Waals surface area contributed by atoms with Gasteiger partial charge in [-0.15, -0.1) is 0 Å². The fourth-order valence-corrected chi connectivity index (χ4v) is 4.93. The number of rotatable bonds is 9. The third-order valence-electron chi connectivity index (χ3n) is 6.96. The van der Waals surface area contributed by atoms with Crippen LogP contribution in [0.15, 0.2) is 42.6 Å². The number of aromatic nitrogens is 3. The van der Waals surface area contributed by atoms with Crippen LogP contribution in [0.2, 0.25) is 0 Å². The lowest BCUT2D eigenvalue weighted by atomic mass is 10.0. The highest BCUT2D eigenvalue weighted by molar-refractivity contribution is 5.98. The molecule has 0 amide bonds. The van der Waals surface area contributed by atoms with Crippen molar-refractivity contribution in [2.75, 3.05) is 58.2 Å². The van der Waals surface area contributed by atoms with Gasteiger partial charge in [-0.2, -0.15) is 5.26 Å². The van der Waals surface area contributed by atoms with Crippen LogP contribution in [0.3, 0.4) is 0 Å². The van der Waals surface area contributed by atoms with Gasteiger partial charge in [-0.3, -0.25) is 10.1 Å². The van der Waals surface area contributed by atoms with Gasteiger partial charge in [0.1, 0.15) is 17.5 Å². The van der Waals surface area contributed by atoms with Crippen molar-refractivity contribution >= 4 is 33.9 Å². The van der Waals surface area contributed by atoms with Crippen molar-refractivity contribution in [1.82, 2.24) is 19.4 Å². The number of nitro groups is 1. The molecule has 40 heavy (non-hydrogen) atoms. The molecule has 0 unspecified atom stereocenters. The number of ether oxygens (including phenoxy) is 2. The number of fused-ring (bicyclic) bond motifs is 3. The average Bonchev–Trinajstić information content (AvgIpc) is 3.30. The van der Waals surface area contributed by atoms with Gasteiger partial charge in [0.15, 0.2) is 0 Å². The van der Waals surface area contributed by atoms with Crippen LogP contribution in [0.5, 0.6) is 5.75 Å². The Labute approximate surface area is 231 Å². The molecule has 1 N–H and O–H groups in total. The SMILES string of the molecule is COc1cc(N(C)CCN(C)C)c([N+](=O)[O-])cc1Nc1ncc(C#N)c(-c2c3n(c4ccccc24)CCOC3)n1. The second-order valence-electron chi connectivity index (χ2n) is 9.76. The van der Waals surface area contributed by atoms with Crippen molar-refractivity contribution < 1.29 is 14.4 Å². The average molecular weight is 543 g/mol. The van der Waals surface area contributed by atoms with Crippen LogP contribution < -0.4 is 15.0 Å². The lowest BCUT2D eigenvalue weighted by molar-refractivity contribution is -0.384. The summed E-state index contributed by atoms with van der Waals surface area (Å²) in [6.07, 6.45) is 1.46. The van der Waals surface area contributed by atoms with E-state index >= 15 is 0 Å². The normalized spacial score (nSPS) is 12.7. The summed E-state index contributed by atoms with van der Waals surface area (Å²) in [7, 11) is 7.20. The Kier molecular flexibility index (Phi) is 7.50. The minimum atomic E-state index is -0.420. The summed E-state index contributed by atoms with van der Waals surface area (Å²) in [6.45, 7) is 3.01. The second-order valence-corrected chi connectivity index (χ2v) is 9.76. The number of hydrogen-bond donors (Lipinski definition) is 1. The lowest BCUT2D eigenvalue weighted by Gasteiger charge is -2.22. The summed E-state index contributed by atoms with van der Waals surface area (Å²) in [5.74, 6) is 0.572. The Balaban J connectivity index is 1.59. The van der Waals surface area contributed by atoms with E-state index in [1.54, 1.807) is 13.1 Å². The molecule has 3 heterocycles. The molecule has 1 aliphatic heterocycles. The van der Waals surface area contributed by atoms with E-state index in [-0.39, 0.29) is 11.6 Å². The number of benzene rings is 2. The molecule has 4 aromatic rings. The van der Waals surface area contributed by atoms with E-state index in [4.69, 9.17) is 14.5 Å². The molecular weight excluding hydrogens is 512 g/mol. The number of nitrogens with zero attached hydrogens (tertiary/aromatic N) is 7. The summed E-state index contributed by atoms with van der Waals surface area (Å²) in [6, 6.07) is 13.2. The van der Waals surface area contributed by atoms with E-state index in [1.807, 2.05) is 48.2 Å². The number of methoxy groups -OCH3 is 1. The van der Waals surface area contributed by atoms with Gasteiger partial charge < -0.3 is 29.2 Å². The summed E-state index contributed by atoms with van der Waals surface area (Å²) in [5, 5.41) is 26.0. The maximum absolute atomic E-state index is 12.0. The summed E-state index contributed by atoms with van der Waals surface area (Å²) >= 11 is 0. The van der Waals surface area contributed by atoms with Crippen molar-refractivity contribution in [3.05, 3.63) is 64.0 Å². The molecule has 0 radical (unpaired) electrons. The van der Waals surface area contributed by atoms with Crippen LogP contribution in [0.1, 0.15) is 11.3 Å². The van der Waals surface area contributed by atoms with Crippen molar-refractivity contribution in [3.8, 4) is 23.1 Å². The molecular formula is C28H30N8O4. The Morgan fingerprint density at radius 2 is 2.05 bits per heavy atom. The van der Waals surface area contributed by atoms with Crippen LogP contribution in [0.4, 0.5) is 23.0 Å². The molecule has 2 aromatic carbocycles. The van der Waals surface area contributed by atoms with Gasteiger partial charge in [0, 0.05) is 55.3 Å². The first-order valence-corrected chi connectivity index (χ1v) is 12.8. The number of nitrogens with one attached hydrogen (secondary N) is 1. The molecule has 0 bridgehead atoms. The zero-order valence-electron chi connectivity index (χ0n) is 22.8. The van der Waals surface area contributed by atoms with E-state index in [2.05, 4.69) is 20.9 Å². The third-order valence-corrected chi connectivity index (χ3v) is 6.96. The summed E-state index contributed by atoms with van der Waals surface area (Å²) < 4.78 is 13.6. The maximum atomic E-state index is 12.0. The van der Waals surface area contributed by atoms with Crippen LogP contribution >= 0.6 is 0 Å². The first-order chi connectivity index (χ1) is 19.3. The van der Waals surface area contributed by atoms with Crippen molar-refractivity contribution in [2.45, 2.75) is 13.2 Å². The van der Waals surface area contributed by atoms with Gasteiger partial charge in [0.25, 0.3) is 5.69 Å². The van der Waals surface area contributed by atoms with E-state index in [1.165, 1.54) is 19.4 Å².